The maximum Gasteiger partial charge on any atom is 0.248 e. The molecule has 1 heterocycles. The van der Waals surface area contributed by atoms with Crippen LogP contribution in [0.2, 0.25) is 0 Å². The molecule has 0 amide bonds. The summed E-state index contributed by atoms with van der Waals surface area (Å²) in [5.41, 5.74) is -0.484. The van der Waals surface area contributed by atoms with E-state index in [9.17, 15) is 13.2 Å². The first kappa shape index (κ1) is 16.9. The van der Waals surface area contributed by atoms with Crippen molar-refractivity contribution in [2.24, 2.45) is 5.92 Å². The van der Waals surface area contributed by atoms with Gasteiger partial charge in [0, 0.05) is 38.1 Å². The highest BCUT2D eigenvalue weighted by Crippen LogP contribution is 2.13. The van der Waals surface area contributed by atoms with Crippen molar-refractivity contribution in [3.8, 4) is 0 Å². The number of hydrogen-bond acceptors (Lipinski definition) is 4. The number of likely N-dealkylation sites (N-methyl/N-ethyl adjacent to an activating group) is 1. The van der Waals surface area contributed by atoms with Crippen LogP contribution in [0.5, 0.6) is 0 Å². The van der Waals surface area contributed by atoms with Crippen LogP contribution in [-0.4, -0.2) is 56.3 Å². The molecule has 0 atom stereocenters. The summed E-state index contributed by atoms with van der Waals surface area (Å²) in [6.07, 6.45) is 2.68. The summed E-state index contributed by atoms with van der Waals surface area (Å²) in [6.45, 7) is 5.27. The fourth-order valence-corrected chi connectivity index (χ4v) is 3.40. The molecule has 114 valence electrons. The minimum atomic E-state index is -3.76. The Morgan fingerprint density at radius 1 is 1.25 bits per heavy atom. The molecule has 0 spiro atoms. The molecule has 20 heavy (non-hydrogen) atoms. The summed E-state index contributed by atoms with van der Waals surface area (Å²) in [6, 6.07) is 1.23. The average Bonchev–Trinajstić information content (AvgIpc) is 2.34. The van der Waals surface area contributed by atoms with Gasteiger partial charge in [-0.25, -0.2) is 8.42 Å². The Balaban J connectivity index is 3.11. The number of pyridine rings is 1. The number of nitrogens with zero attached hydrogens (tertiary/aromatic N) is 2. The third-order valence-electron chi connectivity index (χ3n) is 2.77. The van der Waals surface area contributed by atoms with Crippen molar-refractivity contribution >= 4 is 10.0 Å². The van der Waals surface area contributed by atoms with E-state index in [-0.39, 0.29) is 10.8 Å². The van der Waals surface area contributed by atoms with Gasteiger partial charge in [-0.3, -0.25) is 4.79 Å². The van der Waals surface area contributed by atoms with Gasteiger partial charge in [-0.2, -0.15) is 4.31 Å². The molecule has 7 heteroatoms. The Labute approximate surface area is 120 Å². The van der Waals surface area contributed by atoms with E-state index in [0.717, 1.165) is 0 Å². The topological polar surface area (TPSA) is 73.5 Å². The standard InChI is InChI=1S/C13H23N3O3S/c1-11(2)10-16(8-7-15(3)4)20(18,19)13-9-14-6-5-12(13)17/h5-6,9,11H,7-8,10H2,1-4H3,(H,14,17). The molecule has 1 aromatic heterocycles. The average molecular weight is 301 g/mol. The molecule has 1 rings (SSSR count). The predicted molar refractivity (Wildman–Crippen MR) is 79.2 cm³/mol. The van der Waals surface area contributed by atoms with E-state index in [1.807, 2.05) is 32.8 Å². The summed E-state index contributed by atoms with van der Waals surface area (Å²) in [4.78, 5) is 16.1. The highest BCUT2D eigenvalue weighted by atomic mass is 32.2. The summed E-state index contributed by atoms with van der Waals surface area (Å²) < 4.78 is 26.6. The van der Waals surface area contributed by atoms with Crippen LogP contribution in [0, 0.1) is 5.92 Å². The largest absolute Gasteiger partial charge is 0.366 e. The fourth-order valence-electron chi connectivity index (χ4n) is 1.77. The van der Waals surface area contributed by atoms with E-state index in [4.69, 9.17) is 0 Å². The van der Waals surface area contributed by atoms with Crippen LogP contribution in [0.1, 0.15) is 13.8 Å². The van der Waals surface area contributed by atoms with Gasteiger partial charge in [-0.1, -0.05) is 13.8 Å². The molecular weight excluding hydrogens is 278 g/mol. The first-order valence-electron chi connectivity index (χ1n) is 6.57. The Morgan fingerprint density at radius 3 is 2.40 bits per heavy atom. The number of H-pyrrole nitrogens is 1. The normalized spacial score (nSPS) is 12.6. The summed E-state index contributed by atoms with van der Waals surface area (Å²) in [7, 11) is 0.00928. The second kappa shape index (κ2) is 7.01. The third kappa shape index (κ3) is 4.43. The molecule has 0 saturated carbocycles. The maximum atomic E-state index is 12.6. The molecule has 0 aromatic carbocycles. The molecule has 0 aliphatic rings. The zero-order valence-corrected chi connectivity index (χ0v) is 13.3. The Bertz CT molecular complexity index is 579. The van der Waals surface area contributed by atoms with Crippen molar-refractivity contribution in [3.05, 3.63) is 28.7 Å². The van der Waals surface area contributed by atoms with Gasteiger partial charge >= 0.3 is 0 Å². The van der Waals surface area contributed by atoms with E-state index in [0.29, 0.717) is 19.6 Å². The van der Waals surface area contributed by atoms with Crippen molar-refractivity contribution in [2.75, 3.05) is 33.7 Å². The van der Waals surface area contributed by atoms with Gasteiger partial charge in [0.15, 0.2) is 0 Å². The van der Waals surface area contributed by atoms with Crippen LogP contribution < -0.4 is 5.43 Å². The number of nitrogens with one attached hydrogen (secondary N) is 1. The second-order valence-corrected chi connectivity index (χ2v) is 7.34. The zero-order chi connectivity index (χ0) is 15.3. The van der Waals surface area contributed by atoms with Gasteiger partial charge in [0.2, 0.25) is 15.5 Å². The Morgan fingerprint density at radius 2 is 1.90 bits per heavy atom. The molecule has 1 aromatic rings. The molecule has 1 N–H and O–H groups in total. The van der Waals surface area contributed by atoms with Crippen LogP contribution in [0.4, 0.5) is 0 Å². The first-order chi connectivity index (χ1) is 9.25. The Kier molecular flexibility index (Phi) is 5.91. The van der Waals surface area contributed by atoms with Gasteiger partial charge in [0.05, 0.1) is 0 Å². The van der Waals surface area contributed by atoms with Crippen molar-refractivity contribution in [2.45, 2.75) is 18.7 Å². The highest BCUT2D eigenvalue weighted by Gasteiger charge is 2.27. The molecule has 0 bridgehead atoms. The van der Waals surface area contributed by atoms with Crippen LogP contribution in [0.3, 0.4) is 0 Å². The highest BCUT2D eigenvalue weighted by molar-refractivity contribution is 7.89. The lowest BCUT2D eigenvalue weighted by Gasteiger charge is -2.25. The molecule has 0 unspecified atom stereocenters. The van der Waals surface area contributed by atoms with Crippen LogP contribution in [0.15, 0.2) is 28.2 Å². The quantitative estimate of drug-likeness (QED) is 0.799. The fraction of sp³-hybridized carbons (Fsp3) is 0.615. The minimum Gasteiger partial charge on any atom is -0.366 e. The molecular formula is C13H23N3O3S. The van der Waals surface area contributed by atoms with E-state index in [2.05, 4.69) is 4.98 Å². The number of hydrogen-bond donors (Lipinski definition) is 1. The molecule has 0 radical (unpaired) electrons. The van der Waals surface area contributed by atoms with E-state index in [1.54, 1.807) is 0 Å². The monoisotopic (exact) mass is 301 g/mol. The smallest absolute Gasteiger partial charge is 0.248 e. The second-order valence-electron chi connectivity index (χ2n) is 5.43. The van der Waals surface area contributed by atoms with Crippen molar-refractivity contribution in [3.63, 3.8) is 0 Å². The minimum absolute atomic E-state index is 0.190. The summed E-state index contributed by atoms with van der Waals surface area (Å²) >= 11 is 0. The molecule has 0 saturated heterocycles. The lowest BCUT2D eigenvalue weighted by molar-refractivity contribution is 0.312. The van der Waals surface area contributed by atoms with Gasteiger partial charge in [-0.15, -0.1) is 0 Å². The third-order valence-corrected chi connectivity index (χ3v) is 4.66. The van der Waals surface area contributed by atoms with Gasteiger partial charge < -0.3 is 9.88 Å². The molecule has 0 fully saturated rings. The molecule has 0 aliphatic heterocycles. The molecule has 0 aliphatic carbocycles. The van der Waals surface area contributed by atoms with Crippen molar-refractivity contribution < 1.29 is 8.42 Å². The first-order valence-corrected chi connectivity index (χ1v) is 8.01. The number of aromatic amines is 1. The van der Waals surface area contributed by atoms with Crippen LogP contribution in [-0.2, 0) is 10.0 Å². The van der Waals surface area contributed by atoms with E-state index < -0.39 is 15.5 Å². The molecule has 6 nitrogen and oxygen atoms in total. The lowest BCUT2D eigenvalue weighted by Crippen LogP contribution is -2.40. The zero-order valence-electron chi connectivity index (χ0n) is 12.5. The Hall–Kier alpha value is -1.18. The van der Waals surface area contributed by atoms with Gasteiger partial charge in [0.1, 0.15) is 4.90 Å². The summed E-state index contributed by atoms with van der Waals surface area (Å²) in [5.74, 6) is 0.190. The maximum absolute atomic E-state index is 12.6. The van der Waals surface area contributed by atoms with Gasteiger partial charge in [0.25, 0.3) is 0 Å². The van der Waals surface area contributed by atoms with Crippen LogP contribution >= 0.6 is 0 Å². The van der Waals surface area contributed by atoms with Crippen molar-refractivity contribution in [1.29, 1.82) is 0 Å². The number of sulfonamides is 1. The van der Waals surface area contributed by atoms with Gasteiger partial charge in [-0.05, 0) is 20.0 Å². The van der Waals surface area contributed by atoms with E-state index in [1.165, 1.54) is 22.8 Å². The number of rotatable bonds is 7. The van der Waals surface area contributed by atoms with Crippen LogP contribution in [0.25, 0.3) is 0 Å². The lowest BCUT2D eigenvalue weighted by atomic mass is 10.2. The van der Waals surface area contributed by atoms with E-state index >= 15 is 0 Å². The summed E-state index contributed by atoms with van der Waals surface area (Å²) in [5, 5.41) is 0. The van der Waals surface area contributed by atoms with Crippen molar-refractivity contribution in [1.82, 2.24) is 14.2 Å². The predicted octanol–water partition coefficient (Wildman–Crippen LogP) is 0.583. The number of aromatic nitrogens is 1. The SMILES string of the molecule is CC(C)CN(CCN(C)C)S(=O)(=O)c1c[nH]ccc1=O.